The molecular weight excluding hydrogens is 346 g/mol. The highest BCUT2D eigenvalue weighted by Gasteiger charge is 2.32. The van der Waals surface area contributed by atoms with E-state index in [1.165, 1.54) is 0 Å². The number of hydrogen-bond acceptors (Lipinski definition) is 2. The summed E-state index contributed by atoms with van der Waals surface area (Å²) in [4.78, 5) is 23.2. The lowest BCUT2D eigenvalue weighted by atomic mass is 9.96. The van der Waals surface area contributed by atoms with E-state index in [4.69, 9.17) is 16.7 Å². The summed E-state index contributed by atoms with van der Waals surface area (Å²) in [6, 6.07) is 5.06. The van der Waals surface area contributed by atoms with Crippen molar-refractivity contribution in [3.05, 3.63) is 33.3 Å². The van der Waals surface area contributed by atoms with Crippen LogP contribution in [-0.4, -0.2) is 23.5 Å². The van der Waals surface area contributed by atoms with Gasteiger partial charge >= 0.3 is 5.97 Å². The van der Waals surface area contributed by atoms with Crippen LogP contribution in [0.15, 0.2) is 22.7 Å². The first-order valence-electron chi connectivity index (χ1n) is 6.45. The van der Waals surface area contributed by atoms with Crippen LogP contribution in [0.25, 0.3) is 0 Å². The van der Waals surface area contributed by atoms with Crippen molar-refractivity contribution < 1.29 is 14.7 Å². The number of benzene rings is 1. The predicted molar refractivity (Wildman–Crippen MR) is 80.0 cm³/mol. The Morgan fingerprint density at radius 2 is 2.15 bits per heavy atom. The number of carbonyl (C=O) groups excluding carboxylic acids is 1. The monoisotopic (exact) mass is 359 g/mol. The quantitative estimate of drug-likeness (QED) is 0.865. The summed E-state index contributed by atoms with van der Waals surface area (Å²) < 4.78 is 0.774. The number of hydrogen-bond donors (Lipinski definition) is 2. The van der Waals surface area contributed by atoms with Crippen LogP contribution < -0.4 is 5.32 Å². The van der Waals surface area contributed by atoms with E-state index in [0.29, 0.717) is 23.6 Å². The molecule has 0 saturated heterocycles. The van der Waals surface area contributed by atoms with Gasteiger partial charge in [0.05, 0.1) is 16.5 Å². The second-order valence-corrected chi connectivity index (χ2v) is 6.29. The van der Waals surface area contributed by atoms with Gasteiger partial charge in [0, 0.05) is 11.0 Å². The number of halogens is 2. The number of rotatable bonds is 4. The van der Waals surface area contributed by atoms with Crippen LogP contribution in [0.3, 0.4) is 0 Å². The van der Waals surface area contributed by atoms with Crippen LogP contribution in [0.1, 0.15) is 29.6 Å². The molecule has 6 heteroatoms. The minimum absolute atomic E-state index is 0.00220. The molecule has 20 heavy (non-hydrogen) atoms. The molecule has 1 saturated carbocycles. The van der Waals surface area contributed by atoms with E-state index in [0.717, 1.165) is 17.3 Å². The number of carbonyl (C=O) groups is 2. The lowest BCUT2D eigenvalue weighted by Crippen LogP contribution is -2.33. The van der Waals surface area contributed by atoms with E-state index in [1.54, 1.807) is 18.2 Å². The smallest absolute Gasteiger partial charge is 0.306 e. The molecule has 1 aliphatic carbocycles. The van der Waals surface area contributed by atoms with Gasteiger partial charge in [0.2, 0.25) is 0 Å². The van der Waals surface area contributed by atoms with Crippen LogP contribution in [0.4, 0.5) is 0 Å². The average molecular weight is 361 g/mol. The normalized spacial score (nSPS) is 21.7. The van der Waals surface area contributed by atoms with Crippen LogP contribution in [0.5, 0.6) is 0 Å². The SMILES string of the molecule is O=C(NCC1CCCC1C(=O)O)c1cc(Br)ccc1Cl. The minimum atomic E-state index is -0.776. The first-order chi connectivity index (χ1) is 9.49. The molecule has 0 radical (unpaired) electrons. The Morgan fingerprint density at radius 1 is 1.40 bits per heavy atom. The van der Waals surface area contributed by atoms with Crippen molar-refractivity contribution >= 4 is 39.4 Å². The molecular formula is C14H15BrClNO3. The van der Waals surface area contributed by atoms with E-state index < -0.39 is 5.97 Å². The van der Waals surface area contributed by atoms with Crippen molar-refractivity contribution in [2.75, 3.05) is 6.54 Å². The lowest BCUT2D eigenvalue weighted by Gasteiger charge is -2.16. The van der Waals surface area contributed by atoms with Crippen molar-refractivity contribution in [3.63, 3.8) is 0 Å². The number of carboxylic acids is 1. The highest BCUT2D eigenvalue weighted by atomic mass is 79.9. The molecule has 1 aliphatic rings. The highest BCUT2D eigenvalue weighted by molar-refractivity contribution is 9.10. The number of carboxylic acid groups (broad SMARTS) is 1. The lowest BCUT2D eigenvalue weighted by molar-refractivity contribution is -0.142. The van der Waals surface area contributed by atoms with Gasteiger partial charge < -0.3 is 10.4 Å². The molecule has 0 aliphatic heterocycles. The van der Waals surface area contributed by atoms with Gasteiger partial charge in [-0.2, -0.15) is 0 Å². The molecule has 108 valence electrons. The average Bonchev–Trinajstić information content (AvgIpc) is 2.87. The van der Waals surface area contributed by atoms with Gasteiger partial charge in [-0.15, -0.1) is 0 Å². The maximum absolute atomic E-state index is 12.1. The third-order valence-electron chi connectivity index (χ3n) is 3.67. The molecule has 0 aromatic heterocycles. The Hall–Kier alpha value is -1.07. The molecule has 2 rings (SSSR count). The Bertz CT molecular complexity index is 535. The van der Waals surface area contributed by atoms with E-state index in [9.17, 15) is 9.59 Å². The number of amides is 1. The van der Waals surface area contributed by atoms with Crippen molar-refractivity contribution in [1.29, 1.82) is 0 Å². The summed E-state index contributed by atoms with van der Waals surface area (Å²) in [5, 5.41) is 12.3. The Labute approximate surface area is 130 Å². The first kappa shape index (κ1) is 15.3. The van der Waals surface area contributed by atoms with E-state index in [1.807, 2.05) is 0 Å². The molecule has 0 heterocycles. The zero-order valence-corrected chi connectivity index (χ0v) is 13.1. The van der Waals surface area contributed by atoms with Gasteiger partial charge in [-0.25, -0.2) is 0 Å². The molecule has 4 nitrogen and oxygen atoms in total. The highest BCUT2D eigenvalue weighted by Crippen LogP contribution is 2.31. The van der Waals surface area contributed by atoms with Gasteiger partial charge in [0.1, 0.15) is 0 Å². The minimum Gasteiger partial charge on any atom is -0.481 e. The van der Waals surface area contributed by atoms with E-state index in [-0.39, 0.29) is 17.7 Å². The molecule has 0 bridgehead atoms. The molecule has 1 fully saturated rings. The van der Waals surface area contributed by atoms with Crippen molar-refractivity contribution in [3.8, 4) is 0 Å². The fourth-order valence-corrected chi connectivity index (χ4v) is 3.16. The topological polar surface area (TPSA) is 66.4 Å². The maximum atomic E-state index is 12.1. The third-order valence-corrected chi connectivity index (χ3v) is 4.50. The Balaban J connectivity index is 1.98. The largest absolute Gasteiger partial charge is 0.481 e. The summed E-state index contributed by atoms with van der Waals surface area (Å²) >= 11 is 9.28. The Morgan fingerprint density at radius 3 is 2.85 bits per heavy atom. The number of nitrogens with one attached hydrogen (secondary N) is 1. The molecule has 1 aromatic rings. The Kier molecular flexibility index (Phi) is 5.05. The molecule has 2 atom stereocenters. The van der Waals surface area contributed by atoms with Gasteiger partial charge in [-0.1, -0.05) is 34.0 Å². The van der Waals surface area contributed by atoms with Crippen molar-refractivity contribution in [1.82, 2.24) is 5.32 Å². The molecule has 0 spiro atoms. The summed E-state index contributed by atoms with van der Waals surface area (Å²) in [5.74, 6) is -1.40. The van der Waals surface area contributed by atoms with Crippen LogP contribution >= 0.6 is 27.5 Å². The van der Waals surface area contributed by atoms with Crippen molar-refractivity contribution in [2.45, 2.75) is 19.3 Å². The zero-order chi connectivity index (χ0) is 14.7. The van der Waals surface area contributed by atoms with Crippen LogP contribution in [-0.2, 0) is 4.79 Å². The summed E-state index contributed by atoms with van der Waals surface area (Å²) in [6.07, 6.45) is 2.42. The number of aliphatic carboxylic acids is 1. The molecule has 2 N–H and O–H groups in total. The summed E-state index contributed by atoms with van der Waals surface area (Å²) in [6.45, 7) is 0.374. The predicted octanol–water partition coefficient (Wildman–Crippen LogP) is 3.33. The third kappa shape index (κ3) is 3.52. The van der Waals surface area contributed by atoms with Crippen LogP contribution in [0.2, 0.25) is 5.02 Å². The molecule has 2 unspecified atom stereocenters. The fourth-order valence-electron chi connectivity index (χ4n) is 2.60. The van der Waals surface area contributed by atoms with Gasteiger partial charge in [-0.05, 0) is 37.0 Å². The maximum Gasteiger partial charge on any atom is 0.306 e. The van der Waals surface area contributed by atoms with Gasteiger partial charge in [0.15, 0.2) is 0 Å². The second-order valence-electron chi connectivity index (χ2n) is 4.97. The van der Waals surface area contributed by atoms with Gasteiger partial charge in [-0.3, -0.25) is 9.59 Å². The van der Waals surface area contributed by atoms with Gasteiger partial charge in [0.25, 0.3) is 5.91 Å². The first-order valence-corrected chi connectivity index (χ1v) is 7.62. The zero-order valence-electron chi connectivity index (χ0n) is 10.7. The second kappa shape index (κ2) is 6.59. The summed E-state index contributed by atoms with van der Waals surface area (Å²) in [7, 11) is 0. The summed E-state index contributed by atoms with van der Waals surface area (Å²) in [5.41, 5.74) is 0.394. The van der Waals surface area contributed by atoms with E-state index >= 15 is 0 Å². The fraction of sp³-hybridized carbons (Fsp3) is 0.429. The molecule has 1 aromatic carbocycles. The van der Waals surface area contributed by atoms with Crippen molar-refractivity contribution in [2.24, 2.45) is 11.8 Å². The standard InChI is InChI=1S/C14H15BrClNO3/c15-9-4-5-12(16)11(6-9)13(18)17-7-8-2-1-3-10(8)14(19)20/h4-6,8,10H,1-3,7H2,(H,17,18)(H,19,20). The molecule has 1 amide bonds. The van der Waals surface area contributed by atoms with E-state index in [2.05, 4.69) is 21.2 Å². The van der Waals surface area contributed by atoms with Crippen LogP contribution in [0, 0.1) is 11.8 Å².